The minimum atomic E-state index is -0.784. The standard InChI is InChI=1S/C12H18N4O3/c1-9-13-10(7-11(14-9)19-2)16-5-3-15(4-6-16)8-12(17)18/h7H,3-6,8H2,1-2H3,(H,17,18). The van der Waals surface area contributed by atoms with Crippen molar-refractivity contribution in [1.29, 1.82) is 0 Å². The molecule has 0 bridgehead atoms. The number of carboxylic acids is 1. The van der Waals surface area contributed by atoms with E-state index in [4.69, 9.17) is 9.84 Å². The van der Waals surface area contributed by atoms with Gasteiger partial charge in [-0.05, 0) is 6.92 Å². The first kappa shape index (κ1) is 13.5. The van der Waals surface area contributed by atoms with Crippen molar-refractivity contribution >= 4 is 11.8 Å². The van der Waals surface area contributed by atoms with Gasteiger partial charge in [-0.3, -0.25) is 9.69 Å². The summed E-state index contributed by atoms with van der Waals surface area (Å²) >= 11 is 0. The third-order valence-corrected chi connectivity index (χ3v) is 3.07. The highest BCUT2D eigenvalue weighted by Crippen LogP contribution is 2.18. The maximum Gasteiger partial charge on any atom is 0.317 e. The number of aromatic nitrogens is 2. The molecule has 0 aromatic carbocycles. The number of aliphatic carboxylic acids is 1. The number of methoxy groups -OCH3 is 1. The summed E-state index contributed by atoms with van der Waals surface area (Å²) in [6.45, 7) is 4.88. The maximum absolute atomic E-state index is 10.7. The van der Waals surface area contributed by atoms with Crippen LogP contribution in [0.4, 0.5) is 5.82 Å². The molecular weight excluding hydrogens is 248 g/mol. The molecule has 7 nitrogen and oxygen atoms in total. The summed E-state index contributed by atoms with van der Waals surface area (Å²) in [4.78, 5) is 23.2. The Morgan fingerprint density at radius 1 is 1.37 bits per heavy atom. The Hall–Kier alpha value is -1.89. The number of rotatable bonds is 4. The second kappa shape index (κ2) is 5.83. The highest BCUT2D eigenvalue weighted by molar-refractivity contribution is 5.69. The number of hydrogen-bond donors (Lipinski definition) is 1. The quantitative estimate of drug-likeness (QED) is 0.821. The van der Waals surface area contributed by atoms with Crippen molar-refractivity contribution in [3.05, 3.63) is 11.9 Å². The lowest BCUT2D eigenvalue weighted by molar-refractivity contribution is -0.138. The number of anilines is 1. The lowest BCUT2D eigenvalue weighted by Gasteiger charge is -2.34. The summed E-state index contributed by atoms with van der Waals surface area (Å²) in [5, 5.41) is 8.76. The lowest BCUT2D eigenvalue weighted by Crippen LogP contribution is -2.48. The Balaban J connectivity index is 2.01. The SMILES string of the molecule is COc1cc(N2CCN(CC(=O)O)CC2)nc(C)n1. The van der Waals surface area contributed by atoms with Crippen molar-refractivity contribution in [1.82, 2.24) is 14.9 Å². The van der Waals surface area contributed by atoms with Gasteiger partial charge in [0.05, 0.1) is 13.7 Å². The fourth-order valence-electron chi connectivity index (χ4n) is 2.12. The summed E-state index contributed by atoms with van der Waals surface area (Å²) in [6.07, 6.45) is 0. The second-order valence-corrected chi connectivity index (χ2v) is 4.47. The Morgan fingerprint density at radius 2 is 2.05 bits per heavy atom. The zero-order valence-corrected chi connectivity index (χ0v) is 11.2. The third kappa shape index (κ3) is 3.54. The smallest absolute Gasteiger partial charge is 0.317 e. The molecule has 1 aliphatic rings. The minimum absolute atomic E-state index is 0.0972. The van der Waals surface area contributed by atoms with Gasteiger partial charge in [0, 0.05) is 32.2 Å². The van der Waals surface area contributed by atoms with Gasteiger partial charge in [0.2, 0.25) is 5.88 Å². The molecule has 1 aromatic rings. The normalized spacial score (nSPS) is 16.4. The van der Waals surface area contributed by atoms with Crippen LogP contribution in [0.5, 0.6) is 5.88 Å². The number of nitrogens with zero attached hydrogens (tertiary/aromatic N) is 4. The number of piperazine rings is 1. The molecule has 1 saturated heterocycles. The molecule has 0 aliphatic carbocycles. The van der Waals surface area contributed by atoms with E-state index in [-0.39, 0.29) is 6.54 Å². The van der Waals surface area contributed by atoms with E-state index < -0.39 is 5.97 Å². The number of carboxylic acid groups (broad SMARTS) is 1. The minimum Gasteiger partial charge on any atom is -0.481 e. The van der Waals surface area contributed by atoms with Crippen LogP contribution in [0.2, 0.25) is 0 Å². The molecule has 0 spiro atoms. The number of carbonyl (C=O) groups is 1. The first-order valence-corrected chi connectivity index (χ1v) is 6.17. The molecule has 7 heteroatoms. The molecule has 1 N–H and O–H groups in total. The maximum atomic E-state index is 10.7. The van der Waals surface area contributed by atoms with E-state index in [2.05, 4.69) is 14.9 Å². The van der Waals surface area contributed by atoms with E-state index in [1.54, 1.807) is 13.2 Å². The first-order valence-electron chi connectivity index (χ1n) is 6.17. The van der Waals surface area contributed by atoms with Crippen molar-refractivity contribution in [3.8, 4) is 5.88 Å². The van der Waals surface area contributed by atoms with Crippen LogP contribution in [0.1, 0.15) is 5.82 Å². The number of hydrogen-bond acceptors (Lipinski definition) is 6. The topological polar surface area (TPSA) is 78.8 Å². The van der Waals surface area contributed by atoms with Gasteiger partial charge in [0.1, 0.15) is 11.6 Å². The van der Waals surface area contributed by atoms with E-state index >= 15 is 0 Å². The predicted molar refractivity (Wildman–Crippen MR) is 69.6 cm³/mol. The molecular formula is C12H18N4O3. The largest absolute Gasteiger partial charge is 0.481 e. The van der Waals surface area contributed by atoms with Crippen LogP contribution in [0.3, 0.4) is 0 Å². The van der Waals surface area contributed by atoms with Crippen molar-refractivity contribution in [2.45, 2.75) is 6.92 Å². The van der Waals surface area contributed by atoms with Crippen molar-refractivity contribution in [3.63, 3.8) is 0 Å². The van der Waals surface area contributed by atoms with Gasteiger partial charge < -0.3 is 14.7 Å². The highest BCUT2D eigenvalue weighted by atomic mass is 16.5. The molecule has 104 valence electrons. The van der Waals surface area contributed by atoms with E-state index in [9.17, 15) is 4.79 Å². The van der Waals surface area contributed by atoms with Crippen molar-refractivity contribution < 1.29 is 14.6 Å². The fraction of sp³-hybridized carbons (Fsp3) is 0.583. The summed E-state index contributed by atoms with van der Waals surface area (Å²) in [5.74, 6) is 1.27. The first-order chi connectivity index (χ1) is 9.08. The molecule has 0 atom stereocenters. The molecule has 1 aromatic heterocycles. The lowest BCUT2D eigenvalue weighted by atomic mass is 10.3. The van der Waals surface area contributed by atoms with Crippen molar-refractivity contribution in [2.24, 2.45) is 0 Å². The van der Waals surface area contributed by atoms with Crippen LogP contribution in [-0.4, -0.2) is 65.8 Å². The monoisotopic (exact) mass is 266 g/mol. The van der Waals surface area contributed by atoms with Gasteiger partial charge in [0.15, 0.2) is 0 Å². The molecule has 1 fully saturated rings. The fourth-order valence-corrected chi connectivity index (χ4v) is 2.12. The average Bonchev–Trinajstić information content (AvgIpc) is 2.38. The molecule has 0 saturated carbocycles. The predicted octanol–water partition coefficient (Wildman–Crippen LogP) is 0.000220. The number of ether oxygens (including phenoxy) is 1. The zero-order chi connectivity index (χ0) is 13.8. The van der Waals surface area contributed by atoms with E-state index in [0.29, 0.717) is 11.7 Å². The van der Waals surface area contributed by atoms with Crippen LogP contribution >= 0.6 is 0 Å². The molecule has 19 heavy (non-hydrogen) atoms. The zero-order valence-electron chi connectivity index (χ0n) is 11.2. The van der Waals surface area contributed by atoms with Gasteiger partial charge in [0.25, 0.3) is 0 Å². The van der Waals surface area contributed by atoms with E-state index in [1.807, 2.05) is 11.8 Å². The summed E-state index contributed by atoms with van der Waals surface area (Å²) in [6, 6.07) is 1.81. The Kier molecular flexibility index (Phi) is 4.16. The number of aryl methyl sites for hydroxylation is 1. The molecule has 0 radical (unpaired) electrons. The van der Waals surface area contributed by atoms with Crippen molar-refractivity contribution in [2.75, 3.05) is 44.7 Å². The van der Waals surface area contributed by atoms with Crippen LogP contribution in [0.15, 0.2) is 6.07 Å². The van der Waals surface area contributed by atoms with Gasteiger partial charge in [-0.25, -0.2) is 4.98 Å². The molecule has 0 unspecified atom stereocenters. The summed E-state index contributed by atoms with van der Waals surface area (Å²) < 4.78 is 5.13. The Bertz CT molecular complexity index is 458. The second-order valence-electron chi connectivity index (χ2n) is 4.47. The van der Waals surface area contributed by atoms with Crippen LogP contribution < -0.4 is 9.64 Å². The highest BCUT2D eigenvalue weighted by Gasteiger charge is 2.20. The van der Waals surface area contributed by atoms with E-state index in [1.165, 1.54) is 0 Å². The van der Waals surface area contributed by atoms with Crippen LogP contribution in [0.25, 0.3) is 0 Å². The van der Waals surface area contributed by atoms with Gasteiger partial charge in [-0.1, -0.05) is 0 Å². The summed E-state index contributed by atoms with van der Waals surface area (Å²) in [7, 11) is 1.58. The van der Waals surface area contributed by atoms with Gasteiger partial charge >= 0.3 is 5.97 Å². The Labute approximate surface area is 111 Å². The molecule has 0 amide bonds. The molecule has 2 heterocycles. The van der Waals surface area contributed by atoms with Crippen LogP contribution in [-0.2, 0) is 4.79 Å². The van der Waals surface area contributed by atoms with Crippen LogP contribution in [0, 0.1) is 6.92 Å². The van der Waals surface area contributed by atoms with Gasteiger partial charge in [-0.2, -0.15) is 4.98 Å². The average molecular weight is 266 g/mol. The molecule has 1 aliphatic heterocycles. The Morgan fingerprint density at radius 3 is 2.63 bits per heavy atom. The molecule has 2 rings (SSSR count). The van der Waals surface area contributed by atoms with E-state index in [0.717, 1.165) is 32.0 Å². The summed E-state index contributed by atoms with van der Waals surface area (Å²) in [5.41, 5.74) is 0. The third-order valence-electron chi connectivity index (χ3n) is 3.07. The van der Waals surface area contributed by atoms with Gasteiger partial charge in [-0.15, -0.1) is 0 Å².